The summed E-state index contributed by atoms with van der Waals surface area (Å²) in [6, 6.07) is 9.15. The number of aromatic nitrogens is 1. The number of piperidine rings is 1. The maximum atomic E-state index is 13.2. The Morgan fingerprint density at radius 2 is 1.97 bits per heavy atom. The van der Waals surface area contributed by atoms with Crippen molar-refractivity contribution >= 4 is 11.8 Å². The van der Waals surface area contributed by atoms with Gasteiger partial charge in [0, 0.05) is 31.1 Å². The van der Waals surface area contributed by atoms with Crippen LogP contribution in [0.5, 0.6) is 5.75 Å². The molecule has 1 aromatic carbocycles. The number of fused-ring (bicyclic) bond motifs is 1. The molecule has 2 aromatic rings. The minimum Gasteiger partial charge on any atom is -0.493 e. The molecule has 1 aromatic heterocycles. The lowest BCUT2D eigenvalue weighted by Crippen LogP contribution is -2.51. The number of benzene rings is 1. The first-order chi connectivity index (χ1) is 15.5. The third-order valence-electron chi connectivity index (χ3n) is 6.64. The van der Waals surface area contributed by atoms with Crippen LogP contribution in [0.1, 0.15) is 84.9 Å². The molecule has 172 valence electrons. The van der Waals surface area contributed by atoms with Crippen LogP contribution in [0, 0.1) is 5.41 Å². The summed E-state index contributed by atoms with van der Waals surface area (Å²) in [5.74, 6) is 0.905. The van der Waals surface area contributed by atoms with Gasteiger partial charge >= 0.3 is 0 Å². The molecule has 0 aliphatic carbocycles. The predicted molar refractivity (Wildman–Crippen MR) is 121 cm³/mol. The fraction of sp³-hybridized carbons (Fsp3) is 0.560. The maximum absolute atomic E-state index is 13.2. The molecule has 4 rings (SSSR count). The highest BCUT2D eigenvalue weighted by Gasteiger charge is 2.38. The summed E-state index contributed by atoms with van der Waals surface area (Å²) >= 11 is 0. The van der Waals surface area contributed by atoms with Gasteiger partial charge in [0.15, 0.2) is 0 Å². The Bertz CT molecular complexity index is 954. The molecule has 7 heteroatoms. The Balaban J connectivity index is 1.51. The molecule has 2 aliphatic rings. The Morgan fingerprint density at radius 3 is 2.78 bits per heavy atom. The molecule has 1 atom stereocenters. The topological polar surface area (TPSA) is 84.7 Å². The standard InChI is InChI=1S/C25H33N3O4/c1-18(2)20-15-22(32-27-20)24(30)28-13-8-12-25(17-28)11-6-3-7-14-31-21-10-5-4-9-19(21)23(29)26-16-25/h4-5,9-10,15,18H,3,6-8,11-14,16-17H2,1-2H3,(H,26,29). The van der Waals surface area contributed by atoms with E-state index in [-0.39, 0.29) is 23.1 Å². The number of hydrogen-bond acceptors (Lipinski definition) is 5. The number of ether oxygens (including phenoxy) is 1. The van der Waals surface area contributed by atoms with E-state index in [9.17, 15) is 9.59 Å². The normalized spacial score (nSPS) is 22.5. The molecular weight excluding hydrogens is 406 g/mol. The van der Waals surface area contributed by atoms with Crippen LogP contribution in [-0.4, -0.2) is 48.1 Å². The van der Waals surface area contributed by atoms with Gasteiger partial charge < -0.3 is 19.5 Å². The average Bonchev–Trinajstić information content (AvgIpc) is 3.30. The van der Waals surface area contributed by atoms with E-state index in [4.69, 9.17) is 9.26 Å². The van der Waals surface area contributed by atoms with Crippen molar-refractivity contribution in [3.8, 4) is 5.75 Å². The number of nitrogens with one attached hydrogen (secondary N) is 1. The predicted octanol–water partition coefficient (Wildman–Crippen LogP) is 4.40. The van der Waals surface area contributed by atoms with Gasteiger partial charge in [-0.05, 0) is 43.7 Å². The molecule has 0 saturated carbocycles. The van der Waals surface area contributed by atoms with Gasteiger partial charge in [-0.15, -0.1) is 0 Å². The van der Waals surface area contributed by atoms with Crippen molar-refractivity contribution in [1.29, 1.82) is 0 Å². The molecule has 0 radical (unpaired) electrons. The SMILES string of the molecule is CC(C)c1cc(C(=O)N2CCCC3(CCCCCOc4ccccc4C(=O)NC3)C2)on1. The van der Waals surface area contributed by atoms with Crippen LogP contribution < -0.4 is 10.1 Å². The fourth-order valence-corrected chi connectivity index (χ4v) is 4.74. The van der Waals surface area contributed by atoms with Crippen LogP contribution in [0.4, 0.5) is 0 Å². The molecule has 1 saturated heterocycles. The minimum absolute atomic E-state index is 0.111. The lowest BCUT2D eigenvalue weighted by atomic mass is 9.75. The average molecular weight is 440 g/mol. The lowest BCUT2D eigenvalue weighted by molar-refractivity contribution is 0.0435. The second kappa shape index (κ2) is 9.76. The monoisotopic (exact) mass is 439 g/mol. The quantitative estimate of drug-likeness (QED) is 0.750. The number of carbonyl (C=O) groups is 2. The van der Waals surface area contributed by atoms with Crippen molar-refractivity contribution in [2.75, 3.05) is 26.2 Å². The van der Waals surface area contributed by atoms with E-state index < -0.39 is 0 Å². The Labute approximate surface area is 189 Å². The van der Waals surface area contributed by atoms with Crippen molar-refractivity contribution < 1.29 is 18.8 Å². The van der Waals surface area contributed by atoms with Gasteiger partial charge in [-0.2, -0.15) is 0 Å². The van der Waals surface area contributed by atoms with E-state index in [0.717, 1.165) is 44.2 Å². The van der Waals surface area contributed by atoms with E-state index in [1.165, 1.54) is 0 Å². The van der Waals surface area contributed by atoms with E-state index in [0.29, 0.717) is 43.3 Å². The molecule has 1 spiro atoms. The van der Waals surface area contributed by atoms with Crippen LogP contribution >= 0.6 is 0 Å². The maximum Gasteiger partial charge on any atom is 0.292 e. The van der Waals surface area contributed by atoms with Gasteiger partial charge in [-0.25, -0.2) is 0 Å². The summed E-state index contributed by atoms with van der Waals surface area (Å²) in [6.07, 6.45) is 5.92. The molecule has 2 amide bonds. The smallest absolute Gasteiger partial charge is 0.292 e. The number of likely N-dealkylation sites (tertiary alicyclic amines) is 1. The summed E-state index contributed by atoms with van der Waals surface area (Å²) in [6.45, 7) is 6.51. The van der Waals surface area contributed by atoms with Gasteiger partial charge in [-0.3, -0.25) is 9.59 Å². The molecule has 1 unspecified atom stereocenters. The largest absolute Gasteiger partial charge is 0.493 e. The third kappa shape index (κ3) is 4.97. The molecule has 2 aliphatic heterocycles. The first-order valence-electron chi connectivity index (χ1n) is 11.7. The molecule has 7 nitrogen and oxygen atoms in total. The molecular formula is C25H33N3O4. The van der Waals surface area contributed by atoms with Crippen LogP contribution in [0.3, 0.4) is 0 Å². The molecule has 0 bridgehead atoms. The van der Waals surface area contributed by atoms with Crippen LogP contribution in [-0.2, 0) is 0 Å². The van der Waals surface area contributed by atoms with Crippen molar-refractivity contribution in [2.45, 2.75) is 58.3 Å². The lowest BCUT2D eigenvalue weighted by Gasteiger charge is -2.43. The Kier molecular flexibility index (Phi) is 6.82. The van der Waals surface area contributed by atoms with E-state index in [1.807, 2.05) is 36.9 Å². The molecule has 1 N–H and O–H groups in total. The van der Waals surface area contributed by atoms with Gasteiger partial charge in [0.05, 0.1) is 17.9 Å². The second-order valence-corrected chi connectivity index (χ2v) is 9.44. The Morgan fingerprint density at radius 1 is 1.16 bits per heavy atom. The molecule has 3 heterocycles. The highest BCUT2D eigenvalue weighted by molar-refractivity contribution is 5.97. The van der Waals surface area contributed by atoms with Gasteiger partial charge in [0.2, 0.25) is 5.76 Å². The van der Waals surface area contributed by atoms with E-state index >= 15 is 0 Å². The highest BCUT2D eigenvalue weighted by Crippen LogP contribution is 2.36. The van der Waals surface area contributed by atoms with Gasteiger partial charge in [-0.1, -0.05) is 44.0 Å². The van der Waals surface area contributed by atoms with Crippen molar-refractivity contribution in [3.63, 3.8) is 0 Å². The van der Waals surface area contributed by atoms with Gasteiger partial charge in [0.25, 0.3) is 11.8 Å². The third-order valence-corrected chi connectivity index (χ3v) is 6.64. The van der Waals surface area contributed by atoms with Crippen LogP contribution in [0.2, 0.25) is 0 Å². The zero-order valence-corrected chi connectivity index (χ0v) is 19.1. The van der Waals surface area contributed by atoms with Crippen molar-refractivity contribution in [2.24, 2.45) is 5.41 Å². The van der Waals surface area contributed by atoms with Crippen molar-refractivity contribution in [1.82, 2.24) is 15.4 Å². The zero-order chi connectivity index (χ0) is 22.6. The summed E-state index contributed by atoms with van der Waals surface area (Å²) in [5, 5.41) is 7.19. The number of rotatable bonds is 2. The molecule has 1 fully saturated rings. The summed E-state index contributed by atoms with van der Waals surface area (Å²) < 4.78 is 11.2. The number of hydrogen-bond donors (Lipinski definition) is 1. The molecule has 32 heavy (non-hydrogen) atoms. The first-order valence-corrected chi connectivity index (χ1v) is 11.7. The van der Waals surface area contributed by atoms with Crippen LogP contribution in [0.15, 0.2) is 34.9 Å². The van der Waals surface area contributed by atoms with Crippen LogP contribution in [0.25, 0.3) is 0 Å². The number of amides is 2. The zero-order valence-electron chi connectivity index (χ0n) is 19.1. The number of carbonyl (C=O) groups excluding carboxylic acids is 2. The Hall–Kier alpha value is -2.83. The van der Waals surface area contributed by atoms with E-state index in [2.05, 4.69) is 10.5 Å². The number of para-hydroxylation sites is 1. The van der Waals surface area contributed by atoms with E-state index in [1.54, 1.807) is 12.1 Å². The second-order valence-electron chi connectivity index (χ2n) is 9.44. The summed E-state index contributed by atoms with van der Waals surface area (Å²) in [7, 11) is 0. The fourth-order valence-electron chi connectivity index (χ4n) is 4.74. The first kappa shape index (κ1) is 22.4. The minimum atomic E-state index is -0.139. The number of nitrogens with zero attached hydrogens (tertiary/aromatic N) is 2. The van der Waals surface area contributed by atoms with Gasteiger partial charge in [0.1, 0.15) is 5.75 Å². The summed E-state index contributed by atoms with van der Waals surface area (Å²) in [4.78, 5) is 28.0. The highest BCUT2D eigenvalue weighted by atomic mass is 16.5. The van der Waals surface area contributed by atoms with Crippen molar-refractivity contribution in [3.05, 3.63) is 47.3 Å². The summed E-state index contributed by atoms with van der Waals surface area (Å²) in [5.41, 5.74) is 1.22.